The molecule has 4 rings (SSSR count). The van der Waals surface area contributed by atoms with E-state index in [4.69, 9.17) is 5.84 Å². The topological polar surface area (TPSA) is 80.3 Å². The van der Waals surface area contributed by atoms with Crippen LogP contribution in [0.4, 0.5) is 5.69 Å². The summed E-state index contributed by atoms with van der Waals surface area (Å²) in [5, 5.41) is 9.01. The number of aromatic nitrogens is 3. The van der Waals surface area contributed by atoms with Gasteiger partial charge >= 0.3 is 0 Å². The van der Waals surface area contributed by atoms with E-state index < -0.39 is 0 Å². The minimum absolute atomic E-state index is 0.0851. The van der Waals surface area contributed by atoms with Gasteiger partial charge in [-0.2, -0.15) is 0 Å². The Morgan fingerprint density at radius 2 is 1.73 bits per heavy atom. The van der Waals surface area contributed by atoms with E-state index in [9.17, 15) is 4.79 Å². The largest absolute Gasteiger partial charge is 0.368 e. The fraction of sp³-hybridized carbons (Fsp3) is 0.400. The third kappa shape index (κ3) is 5.33. The summed E-state index contributed by atoms with van der Waals surface area (Å²) in [6.45, 7) is 11.7. The molecule has 2 N–H and O–H groups in total. The average Bonchev–Trinajstić information content (AvgIpc) is 3.17. The molecule has 0 spiro atoms. The summed E-state index contributed by atoms with van der Waals surface area (Å²) in [7, 11) is 0. The monoisotopic (exact) mass is 464 g/mol. The van der Waals surface area contributed by atoms with Gasteiger partial charge in [0.05, 0.1) is 5.75 Å². The number of carbonyl (C=O) groups excluding carboxylic acids is 1. The number of nitrogens with two attached hydrogens (primary N) is 1. The first-order valence-electron chi connectivity index (χ1n) is 11.3. The van der Waals surface area contributed by atoms with E-state index in [0.29, 0.717) is 29.8 Å². The minimum atomic E-state index is 0.0851. The molecule has 3 aromatic rings. The Kier molecular flexibility index (Phi) is 6.65. The van der Waals surface area contributed by atoms with Crippen molar-refractivity contribution in [3.05, 3.63) is 59.7 Å². The fourth-order valence-electron chi connectivity index (χ4n) is 3.95. The van der Waals surface area contributed by atoms with Crippen LogP contribution < -0.4 is 10.7 Å². The van der Waals surface area contributed by atoms with E-state index in [0.717, 1.165) is 18.7 Å². The summed E-state index contributed by atoms with van der Waals surface area (Å²) in [5.41, 5.74) is 4.70. The number of nitrogens with zero attached hydrogens (tertiary/aromatic N) is 5. The zero-order chi connectivity index (χ0) is 23.6. The number of hydrogen-bond donors (Lipinski definition) is 1. The first-order chi connectivity index (χ1) is 15.7. The van der Waals surface area contributed by atoms with E-state index >= 15 is 0 Å². The molecular weight excluding hydrogens is 432 g/mol. The molecule has 1 aliphatic heterocycles. The van der Waals surface area contributed by atoms with Gasteiger partial charge in [0.2, 0.25) is 11.1 Å². The van der Waals surface area contributed by atoms with E-state index in [1.165, 1.54) is 33.3 Å². The molecule has 0 bridgehead atoms. The summed E-state index contributed by atoms with van der Waals surface area (Å²) in [4.78, 5) is 17.0. The van der Waals surface area contributed by atoms with Crippen molar-refractivity contribution >= 4 is 23.4 Å². The normalized spacial score (nSPS) is 14.5. The van der Waals surface area contributed by atoms with Gasteiger partial charge < -0.3 is 15.6 Å². The Balaban J connectivity index is 1.33. The first-order valence-corrected chi connectivity index (χ1v) is 12.2. The molecule has 1 amide bonds. The van der Waals surface area contributed by atoms with Crippen LogP contribution >= 0.6 is 11.8 Å². The highest BCUT2D eigenvalue weighted by Crippen LogP contribution is 2.27. The van der Waals surface area contributed by atoms with Gasteiger partial charge in [0.15, 0.2) is 5.82 Å². The smallest absolute Gasteiger partial charge is 0.233 e. The third-order valence-electron chi connectivity index (χ3n) is 6.00. The zero-order valence-electron chi connectivity index (χ0n) is 19.8. The molecule has 174 valence electrons. The molecule has 1 saturated heterocycles. The van der Waals surface area contributed by atoms with Gasteiger partial charge in [0.25, 0.3) is 0 Å². The number of carbonyl (C=O) groups is 1. The standard InChI is InChI=1S/C25H32N6OS/c1-18-6-5-7-21(16-18)29-12-14-30(15-13-29)22(32)17-33-24-28-27-23(31(24)26)19-8-10-20(11-9-19)25(2,3)4/h5-11,16H,12-15,17,26H2,1-4H3. The maximum atomic E-state index is 12.8. The fourth-order valence-corrected chi connectivity index (χ4v) is 4.71. The van der Waals surface area contributed by atoms with Crippen LogP contribution in [0.1, 0.15) is 31.9 Å². The Labute approximate surface area is 199 Å². The van der Waals surface area contributed by atoms with Crippen LogP contribution in [0.25, 0.3) is 11.4 Å². The van der Waals surface area contributed by atoms with Gasteiger partial charge in [0, 0.05) is 37.4 Å². The number of aryl methyl sites for hydroxylation is 1. The van der Waals surface area contributed by atoms with Gasteiger partial charge in [-0.1, -0.05) is 68.9 Å². The molecule has 2 heterocycles. The lowest BCUT2D eigenvalue weighted by Crippen LogP contribution is -2.49. The molecule has 0 aliphatic carbocycles. The Morgan fingerprint density at radius 3 is 2.36 bits per heavy atom. The molecule has 8 heteroatoms. The molecule has 1 fully saturated rings. The van der Waals surface area contributed by atoms with Crippen molar-refractivity contribution in [2.45, 2.75) is 38.3 Å². The molecule has 0 radical (unpaired) electrons. The Hall–Kier alpha value is -3.00. The van der Waals surface area contributed by atoms with Crippen molar-refractivity contribution in [2.75, 3.05) is 42.7 Å². The number of anilines is 1. The van der Waals surface area contributed by atoms with Crippen molar-refractivity contribution in [1.29, 1.82) is 0 Å². The van der Waals surface area contributed by atoms with Gasteiger partial charge in [-0.15, -0.1) is 10.2 Å². The molecular formula is C25H32N6OS. The summed E-state index contributed by atoms with van der Waals surface area (Å²) in [6.07, 6.45) is 0. The van der Waals surface area contributed by atoms with Gasteiger partial charge in [-0.3, -0.25) is 4.79 Å². The maximum Gasteiger partial charge on any atom is 0.233 e. The lowest BCUT2D eigenvalue weighted by Gasteiger charge is -2.36. The Morgan fingerprint density at radius 1 is 1.03 bits per heavy atom. The number of nitrogen functional groups attached to an aromatic ring is 1. The lowest BCUT2D eigenvalue weighted by atomic mass is 9.87. The van der Waals surface area contributed by atoms with Crippen LogP contribution in [0.2, 0.25) is 0 Å². The van der Waals surface area contributed by atoms with E-state index in [-0.39, 0.29) is 11.3 Å². The quantitative estimate of drug-likeness (QED) is 0.458. The van der Waals surface area contributed by atoms with Crippen molar-refractivity contribution in [3.8, 4) is 11.4 Å². The number of amides is 1. The summed E-state index contributed by atoms with van der Waals surface area (Å²) >= 11 is 1.33. The summed E-state index contributed by atoms with van der Waals surface area (Å²) in [5.74, 6) is 7.25. The second kappa shape index (κ2) is 9.47. The van der Waals surface area contributed by atoms with Crippen molar-refractivity contribution in [3.63, 3.8) is 0 Å². The van der Waals surface area contributed by atoms with Crippen LogP contribution in [0, 0.1) is 6.92 Å². The SMILES string of the molecule is Cc1cccc(N2CCN(C(=O)CSc3nnc(-c4ccc(C(C)(C)C)cc4)n3N)CC2)c1. The number of thioether (sulfide) groups is 1. The predicted octanol–water partition coefficient (Wildman–Crippen LogP) is 3.71. The molecule has 0 saturated carbocycles. The lowest BCUT2D eigenvalue weighted by molar-refractivity contribution is -0.128. The maximum absolute atomic E-state index is 12.8. The van der Waals surface area contributed by atoms with Crippen molar-refractivity contribution < 1.29 is 4.79 Å². The first kappa shape index (κ1) is 23.2. The highest BCUT2D eigenvalue weighted by atomic mass is 32.2. The molecule has 2 aromatic carbocycles. The van der Waals surface area contributed by atoms with Crippen LogP contribution in [-0.2, 0) is 10.2 Å². The van der Waals surface area contributed by atoms with Crippen LogP contribution in [0.3, 0.4) is 0 Å². The summed E-state index contributed by atoms with van der Waals surface area (Å²) < 4.78 is 1.47. The highest BCUT2D eigenvalue weighted by Gasteiger charge is 2.23. The van der Waals surface area contributed by atoms with E-state index in [1.54, 1.807) is 0 Å². The van der Waals surface area contributed by atoms with Crippen LogP contribution in [-0.4, -0.2) is 57.6 Å². The predicted molar refractivity (Wildman–Crippen MR) is 135 cm³/mol. The number of hydrogen-bond acceptors (Lipinski definition) is 6. The van der Waals surface area contributed by atoms with E-state index in [1.807, 2.05) is 17.0 Å². The summed E-state index contributed by atoms with van der Waals surface area (Å²) in [6, 6.07) is 16.7. The highest BCUT2D eigenvalue weighted by molar-refractivity contribution is 7.99. The van der Waals surface area contributed by atoms with Crippen LogP contribution in [0.15, 0.2) is 53.7 Å². The molecule has 1 aliphatic rings. The van der Waals surface area contributed by atoms with Crippen molar-refractivity contribution in [1.82, 2.24) is 19.8 Å². The van der Waals surface area contributed by atoms with Gasteiger partial charge in [-0.25, -0.2) is 4.68 Å². The number of benzene rings is 2. The molecule has 33 heavy (non-hydrogen) atoms. The van der Waals surface area contributed by atoms with Crippen molar-refractivity contribution in [2.24, 2.45) is 0 Å². The number of rotatable bonds is 5. The second-order valence-corrected chi connectivity index (χ2v) is 10.4. The van der Waals surface area contributed by atoms with E-state index in [2.05, 4.69) is 79.2 Å². The van der Waals surface area contributed by atoms with Gasteiger partial charge in [-0.05, 0) is 35.6 Å². The number of piperazine rings is 1. The second-order valence-electron chi connectivity index (χ2n) is 9.50. The zero-order valence-corrected chi connectivity index (χ0v) is 20.6. The third-order valence-corrected chi connectivity index (χ3v) is 6.93. The molecule has 0 unspecified atom stereocenters. The van der Waals surface area contributed by atoms with Crippen LogP contribution in [0.5, 0.6) is 0 Å². The molecule has 0 atom stereocenters. The van der Waals surface area contributed by atoms with Gasteiger partial charge in [0.1, 0.15) is 0 Å². The molecule has 7 nitrogen and oxygen atoms in total. The minimum Gasteiger partial charge on any atom is -0.368 e. The Bertz CT molecular complexity index is 1110. The molecule has 1 aromatic heterocycles. The average molecular weight is 465 g/mol.